The van der Waals surface area contributed by atoms with Crippen LogP contribution in [0.2, 0.25) is 0 Å². The van der Waals surface area contributed by atoms with Gasteiger partial charge in [-0.05, 0) is 19.3 Å². The minimum absolute atomic E-state index is 0.0987. The molecule has 3 nitrogen and oxygen atoms in total. The smallest absolute Gasteiger partial charge is 0.257 e. The van der Waals surface area contributed by atoms with Crippen molar-refractivity contribution < 1.29 is 9.59 Å². The van der Waals surface area contributed by atoms with E-state index < -0.39 is 0 Å². The lowest BCUT2D eigenvalue weighted by Gasteiger charge is -2.14. The lowest BCUT2D eigenvalue weighted by molar-refractivity contribution is -0.137. The van der Waals surface area contributed by atoms with Crippen LogP contribution in [-0.2, 0) is 9.59 Å². The van der Waals surface area contributed by atoms with Gasteiger partial charge in [0.15, 0.2) is 0 Å². The van der Waals surface area contributed by atoms with Gasteiger partial charge >= 0.3 is 0 Å². The summed E-state index contributed by atoms with van der Waals surface area (Å²) < 4.78 is 0. The zero-order chi connectivity index (χ0) is 10.7. The average Bonchev–Trinajstić information content (AvgIpc) is 2.42. The molecule has 0 aromatic rings. The highest BCUT2D eigenvalue weighted by atomic mass is 16.2. The number of rotatable bonds is 4. The van der Waals surface area contributed by atoms with E-state index in [1.54, 1.807) is 0 Å². The van der Waals surface area contributed by atoms with E-state index in [9.17, 15) is 9.59 Å². The predicted octanol–water partition coefficient (Wildman–Crippen LogP) is 1.74. The van der Waals surface area contributed by atoms with Gasteiger partial charge in [-0.2, -0.15) is 0 Å². The van der Waals surface area contributed by atoms with Gasteiger partial charge in [-0.15, -0.1) is 0 Å². The number of nitrogens with zero attached hydrogens (tertiary/aromatic N) is 1. The van der Waals surface area contributed by atoms with E-state index in [1.807, 2.05) is 13.8 Å². The summed E-state index contributed by atoms with van der Waals surface area (Å²) in [5.74, 6) is -0.0538. The Hall–Kier alpha value is -1.12. The second-order valence-electron chi connectivity index (χ2n) is 3.68. The minimum atomic E-state index is -0.157. The van der Waals surface area contributed by atoms with Crippen LogP contribution in [0, 0.1) is 5.92 Å². The maximum atomic E-state index is 11.7. The van der Waals surface area contributed by atoms with Crippen LogP contribution < -0.4 is 0 Å². The van der Waals surface area contributed by atoms with Gasteiger partial charge in [-0.25, -0.2) is 0 Å². The van der Waals surface area contributed by atoms with Gasteiger partial charge < -0.3 is 0 Å². The molecule has 0 saturated heterocycles. The Balaban J connectivity index is 2.77. The van der Waals surface area contributed by atoms with Crippen LogP contribution >= 0.6 is 0 Å². The van der Waals surface area contributed by atoms with Gasteiger partial charge in [0.05, 0.1) is 0 Å². The molecule has 0 bridgehead atoms. The Bertz CT molecular complexity index is 281. The summed E-state index contributed by atoms with van der Waals surface area (Å²) in [4.78, 5) is 24.4. The molecular formula is C11H17NO2. The highest BCUT2D eigenvalue weighted by Crippen LogP contribution is 2.23. The van der Waals surface area contributed by atoms with E-state index in [0.717, 1.165) is 12.8 Å². The van der Waals surface area contributed by atoms with Gasteiger partial charge in [0.1, 0.15) is 0 Å². The molecule has 0 aromatic carbocycles. The average molecular weight is 195 g/mol. The van der Waals surface area contributed by atoms with Gasteiger partial charge in [0.25, 0.3) is 11.8 Å². The van der Waals surface area contributed by atoms with Crippen molar-refractivity contribution in [2.75, 3.05) is 6.54 Å². The summed E-state index contributed by atoms with van der Waals surface area (Å²) in [6.45, 7) is 6.36. The van der Waals surface area contributed by atoms with Crippen molar-refractivity contribution in [1.82, 2.24) is 4.90 Å². The van der Waals surface area contributed by atoms with Crippen molar-refractivity contribution in [2.45, 2.75) is 33.6 Å². The number of hydrogen-bond acceptors (Lipinski definition) is 2. The predicted molar refractivity (Wildman–Crippen MR) is 54.5 cm³/mol. The molecule has 0 fully saturated rings. The van der Waals surface area contributed by atoms with Gasteiger partial charge in [-0.1, -0.05) is 20.3 Å². The third-order valence-electron chi connectivity index (χ3n) is 2.61. The first-order valence-electron chi connectivity index (χ1n) is 5.19. The molecule has 0 aromatic heterocycles. The molecule has 78 valence electrons. The summed E-state index contributed by atoms with van der Waals surface area (Å²) in [5.41, 5.74) is 0.679. The summed E-state index contributed by atoms with van der Waals surface area (Å²) in [6, 6.07) is 0. The fraction of sp³-hybridized carbons (Fsp3) is 0.636. The monoisotopic (exact) mass is 195 g/mol. The number of amides is 2. The number of likely N-dealkylation sites (N-methyl/N-ethyl adjacent to an activating group) is 1. The first-order chi connectivity index (χ1) is 6.61. The van der Waals surface area contributed by atoms with Gasteiger partial charge in [0.2, 0.25) is 0 Å². The van der Waals surface area contributed by atoms with E-state index >= 15 is 0 Å². The molecule has 1 heterocycles. The fourth-order valence-electron chi connectivity index (χ4n) is 1.77. The standard InChI is InChI=1S/C11H17NO2/c1-4-6-8(3)9-7-10(13)12(5-2)11(9)14/h7-8H,4-6H2,1-3H3. The molecule has 14 heavy (non-hydrogen) atoms. The van der Waals surface area contributed by atoms with E-state index in [0.29, 0.717) is 12.1 Å². The van der Waals surface area contributed by atoms with Crippen LogP contribution in [-0.4, -0.2) is 23.3 Å². The Morgan fingerprint density at radius 2 is 2.00 bits per heavy atom. The van der Waals surface area contributed by atoms with Gasteiger partial charge in [0, 0.05) is 18.2 Å². The summed E-state index contributed by atoms with van der Waals surface area (Å²) >= 11 is 0. The van der Waals surface area contributed by atoms with E-state index in [2.05, 4.69) is 6.92 Å². The maximum absolute atomic E-state index is 11.7. The molecule has 2 amide bonds. The number of imide groups is 1. The van der Waals surface area contributed by atoms with Crippen LogP contribution in [0.25, 0.3) is 0 Å². The molecule has 0 radical (unpaired) electrons. The summed E-state index contributed by atoms with van der Waals surface area (Å²) in [5, 5.41) is 0. The second kappa shape index (κ2) is 4.40. The lowest BCUT2D eigenvalue weighted by atomic mass is 9.96. The van der Waals surface area contributed by atoms with Crippen molar-refractivity contribution in [3.05, 3.63) is 11.6 Å². The van der Waals surface area contributed by atoms with Crippen molar-refractivity contribution in [2.24, 2.45) is 5.92 Å². The van der Waals surface area contributed by atoms with E-state index in [-0.39, 0.29) is 17.7 Å². The topological polar surface area (TPSA) is 37.4 Å². The largest absolute Gasteiger partial charge is 0.275 e. The van der Waals surface area contributed by atoms with E-state index in [1.165, 1.54) is 11.0 Å². The van der Waals surface area contributed by atoms with Gasteiger partial charge in [-0.3, -0.25) is 14.5 Å². The molecule has 0 spiro atoms. The molecule has 1 aliphatic heterocycles. The zero-order valence-electron chi connectivity index (χ0n) is 9.04. The Kier molecular flexibility index (Phi) is 3.44. The summed E-state index contributed by atoms with van der Waals surface area (Å²) in [6.07, 6.45) is 3.49. The SMILES string of the molecule is CCCC(C)C1=CC(=O)N(CC)C1=O. The molecule has 0 N–H and O–H groups in total. The normalized spacial score (nSPS) is 18.8. The molecule has 1 rings (SSSR count). The summed E-state index contributed by atoms with van der Waals surface area (Å²) in [7, 11) is 0. The van der Waals surface area contributed by atoms with E-state index in [4.69, 9.17) is 0 Å². The van der Waals surface area contributed by atoms with Crippen LogP contribution in [0.4, 0.5) is 0 Å². The third-order valence-corrected chi connectivity index (χ3v) is 2.61. The molecule has 1 unspecified atom stereocenters. The first-order valence-corrected chi connectivity index (χ1v) is 5.19. The molecular weight excluding hydrogens is 178 g/mol. The van der Waals surface area contributed by atoms with Crippen molar-refractivity contribution in [3.63, 3.8) is 0 Å². The molecule has 0 aliphatic carbocycles. The third kappa shape index (κ3) is 1.86. The second-order valence-corrected chi connectivity index (χ2v) is 3.68. The highest BCUT2D eigenvalue weighted by molar-refractivity contribution is 6.16. The Labute approximate surface area is 84.8 Å². The van der Waals surface area contributed by atoms with Crippen molar-refractivity contribution in [3.8, 4) is 0 Å². The highest BCUT2D eigenvalue weighted by Gasteiger charge is 2.31. The van der Waals surface area contributed by atoms with Crippen LogP contribution in [0.15, 0.2) is 11.6 Å². The minimum Gasteiger partial charge on any atom is -0.275 e. The van der Waals surface area contributed by atoms with Crippen molar-refractivity contribution in [1.29, 1.82) is 0 Å². The molecule has 1 aliphatic rings. The Morgan fingerprint density at radius 3 is 2.43 bits per heavy atom. The van der Waals surface area contributed by atoms with Crippen LogP contribution in [0.1, 0.15) is 33.6 Å². The number of carbonyl (C=O) groups excluding carboxylic acids is 2. The first kappa shape index (κ1) is 11.0. The fourth-order valence-corrected chi connectivity index (χ4v) is 1.77. The number of hydrogen-bond donors (Lipinski definition) is 0. The molecule has 1 atom stereocenters. The van der Waals surface area contributed by atoms with Crippen LogP contribution in [0.5, 0.6) is 0 Å². The van der Waals surface area contributed by atoms with Crippen LogP contribution in [0.3, 0.4) is 0 Å². The van der Waals surface area contributed by atoms with Crippen molar-refractivity contribution >= 4 is 11.8 Å². The quantitative estimate of drug-likeness (QED) is 0.641. The maximum Gasteiger partial charge on any atom is 0.257 e. The number of carbonyl (C=O) groups is 2. The molecule has 0 saturated carbocycles. The lowest BCUT2D eigenvalue weighted by Crippen LogP contribution is -2.31. The molecule has 3 heteroatoms. The Morgan fingerprint density at radius 1 is 1.36 bits per heavy atom. The zero-order valence-corrected chi connectivity index (χ0v) is 9.04.